The van der Waals surface area contributed by atoms with Gasteiger partial charge in [-0.25, -0.2) is 0 Å². The third-order valence-electron chi connectivity index (χ3n) is 5.19. The number of nitrogens with one attached hydrogen (secondary N) is 1. The predicted molar refractivity (Wildman–Crippen MR) is 135 cm³/mol. The molecule has 3 aromatic carbocycles. The van der Waals surface area contributed by atoms with Crippen LogP contribution >= 0.6 is 11.3 Å². The number of amides is 1. The molecule has 1 aromatic heterocycles. The molecule has 0 saturated heterocycles. The zero-order valence-electron chi connectivity index (χ0n) is 18.5. The number of nitro benzene ring substituents is 1. The number of rotatable bonds is 5. The minimum atomic E-state index is -0.630. The third kappa shape index (κ3) is 4.93. The summed E-state index contributed by atoms with van der Waals surface area (Å²) in [5.74, 6) is -0.630. The lowest BCUT2D eigenvalue weighted by Crippen LogP contribution is -2.32. The largest absolute Gasteiger partial charge is 0.321 e. The summed E-state index contributed by atoms with van der Waals surface area (Å²) in [6, 6.07) is 23.6. The Morgan fingerprint density at radius 1 is 1.06 bits per heavy atom. The van der Waals surface area contributed by atoms with Gasteiger partial charge in [0.25, 0.3) is 17.2 Å². The minimum Gasteiger partial charge on any atom is -0.321 e. The van der Waals surface area contributed by atoms with Gasteiger partial charge in [-0.2, -0.15) is 5.26 Å². The third-order valence-corrected chi connectivity index (χ3v) is 6.28. The van der Waals surface area contributed by atoms with E-state index in [0.29, 0.717) is 16.9 Å². The summed E-state index contributed by atoms with van der Waals surface area (Å²) in [6.45, 7) is 1.84. The Morgan fingerprint density at radius 3 is 2.34 bits per heavy atom. The number of hydrogen-bond acceptors (Lipinski definition) is 6. The second kappa shape index (κ2) is 9.99. The molecule has 0 fully saturated rings. The van der Waals surface area contributed by atoms with Crippen molar-refractivity contribution in [2.75, 3.05) is 5.32 Å². The maximum absolute atomic E-state index is 13.4. The molecule has 0 unspecified atom stereocenters. The lowest BCUT2D eigenvalue weighted by Gasteiger charge is -2.08. The van der Waals surface area contributed by atoms with Crippen LogP contribution in [0.1, 0.15) is 11.1 Å². The maximum atomic E-state index is 13.4. The second-order valence-electron chi connectivity index (χ2n) is 7.50. The molecule has 1 amide bonds. The molecule has 0 aliphatic carbocycles. The van der Waals surface area contributed by atoms with E-state index in [0.717, 1.165) is 16.9 Å². The van der Waals surface area contributed by atoms with E-state index in [1.807, 2.05) is 25.1 Å². The van der Waals surface area contributed by atoms with Gasteiger partial charge in [0.15, 0.2) is 5.57 Å². The van der Waals surface area contributed by atoms with Gasteiger partial charge < -0.3 is 5.32 Å². The first kappa shape index (κ1) is 23.4. The molecule has 0 bridgehead atoms. The zero-order valence-corrected chi connectivity index (χ0v) is 19.3. The van der Waals surface area contributed by atoms with Crippen molar-refractivity contribution >= 4 is 40.3 Å². The van der Waals surface area contributed by atoms with Gasteiger partial charge in [0, 0.05) is 17.8 Å². The summed E-state index contributed by atoms with van der Waals surface area (Å²) in [4.78, 5) is 36.9. The van der Waals surface area contributed by atoms with Crippen molar-refractivity contribution in [3.63, 3.8) is 0 Å². The van der Waals surface area contributed by atoms with Crippen LogP contribution in [0, 0.1) is 28.4 Å². The molecule has 0 spiro atoms. The molecule has 35 heavy (non-hydrogen) atoms. The number of anilines is 1. The Kier molecular flexibility index (Phi) is 6.66. The first-order valence-corrected chi connectivity index (χ1v) is 11.3. The summed E-state index contributed by atoms with van der Waals surface area (Å²) >= 11 is 1.00. The normalized spacial score (nSPS) is 12.1. The highest BCUT2D eigenvalue weighted by molar-refractivity contribution is 7.07. The molecule has 0 atom stereocenters. The van der Waals surface area contributed by atoms with Crippen LogP contribution in [0.2, 0.25) is 0 Å². The molecule has 4 aromatic rings. The van der Waals surface area contributed by atoms with E-state index in [1.54, 1.807) is 48.5 Å². The van der Waals surface area contributed by atoms with E-state index in [1.165, 1.54) is 28.8 Å². The molecule has 0 aliphatic heterocycles. The number of thiazole rings is 1. The number of non-ortho nitro benzene ring substituents is 1. The van der Waals surface area contributed by atoms with E-state index in [9.17, 15) is 25.0 Å². The van der Waals surface area contributed by atoms with Crippen LogP contribution in [0.4, 0.5) is 11.4 Å². The lowest BCUT2D eigenvalue weighted by atomic mass is 10.2. The van der Waals surface area contributed by atoms with Crippen molar-refractivity contribution in [3.05, 3.63) is 120 Å². The van der Waals surface area contributed by atoms with E-state index in [2.05, 4.69) is 5.32 Å². The highest BCUT2D eigenvalue weighted by Crippen LogP contribution is 2.15. The average Bonchev–Trinajstić information content (AvgIpc) is 3.17. The molecule has 0 aliphatic rings. The topological polar surface area (TPSA) is 118 Å². The Bertz CT molecular complexity index is 1650. The number of nitro groups is 1. The van der Waals surface area contributed by atoms with Crippen LogP contribution in [-0.2, 0) is 4.79 Å². The molecule has 8 nitrogen and oxygen atoms in total. The van der Waals surface area contributed by atoms with Crippen molar-refractivity contribution < 1.29 is 9.72 Å². The van der Waals surface area contributed by atoms with Crippen molar-refractivity contribution in [2.45, 2.75) is 6.92 Å². The van der Waals surface area contributed by atoms with Crippen LogP contribution in [0.3, 0.4) is 0 Å². The fourth-order valence-electron chi connectivity index (χ4n) is 3.40. The fourth-order valence-corrected chi connectivity index (χ4v) is 4.50. The van der Waals surface area contributed by atoms with Gasteiger partial charge in [-0.15, -0.1) is 11.3 Å². The summed E-state index contributed by atoms with van der Waals surface area (Å²) in [6.07, 6.45) is 1.58. The molecule has 4 rings (SSSR count). The second-order valence-corrected chi connectivity index (χ2v) is 8.53. The van der Waals surface area contributed by atoms with Crippen molar-refractivity contribution in [1.29, 1.82) is 5.26 Å². The van der Waals surface area contributed by atoms with E-state index >= 15 is 0 Å². The number of nitrogens with zero attached hydrogens (tertiary/aromatic N) is 3. The maximum Gasteiger partial charge on any atom is 0.273 e. The number of carbonyl (C=O) groups excluding carboxylic acids is 1. The molecule has 0 radical (unpaired) electrons. The first-order valence-electron chi connectivity index (χ1n) is 10.4. The number of carbonyl (C=O) groups is 1. The highest BCUT2D eigenvalue weighted by atomic mass is 32.1. The molecule has 1 heterocycles. The Labute approximate surface area is 203 Å². The zero-order chi connectivity index (χ0) is 24.9. The fraction of sp³-hybridized carbons (Fsp3) is 0.0385. The van der Waals surface area contributed by atoms with E-state index in [4.69, 9.17) is 0 Å². The van der Waals surface area contributed by atoms with Gasteiger partial charge in [0.1, 0.15) is 10.7 Å². The van der Waals surface area contributed by atoms with Gasteiger partial charge in [-0.3, -0.25) is 24.3 Å². The lowest BCUT2D eigenvalue weighted by molar-refractivity contribution is -0.384. The number of para-hydroxylation sites is 2. The van der Waals surface area contributed by atoms with Crippen LogP contribution in [0.25, 0.3) is 17.3 Å². The average molecular weight is 483 g/mol. The van der Waals surface area contributed by atoms with Crippen molar-refractivity contribution in [3.8, 4) is 11.8 Å². The predicted octanol–water partition coefficient (Wildman–Crippen LogP) is 3.26. The number of nitriles is 1. The summed E-state index contributed by atoms with van der Waals surface area (Å²) in [5, 5.41) is 23.6. The van der Waals surface area contributed by atoms with Crippen LogP contribution in [0.15, 0.2) is 83.7 Å². The molecule has 0 saturated carbocycles. The summed E-state index contributed by atoms with van der Waals surface area (Å²) in [7, 11) is 0. The summed E-state index contributed by atoms with van der Waals surface area (Å²) in [5.41, 5.74) is 1.79. The number of aryl methyl sites for hydroxylation is 1. The van der Waals surface area contributed by atoms with Crippen molar-refractivity contribution in [2.24, 2.45) is 0 Å². The molecule has 172 valence electrons. The highest BCUT2D eigenvalue weighted by Gasteiger charge is 2.18. The van der Waals surface area contributed by atoms with Gasteiger partial charge >= 0.3 is 0 Å². The van der Waals surface area contributed by atoms with Gasteiger partial charge in [0.05, 0.1) is 15.1 Å². The Hall–Kier alpha value is -4.81. The minimum absolute atomic E-state index is 0.0660. The molecule has 1 N–H and O–H groups in total. The Balaban J connectivity index is 1.93. The van der Waals surface area contributed by atoms with Gasteiger partial charge in [-0.05, 0) is 54.5 Å². The first-order chi connectivity index (χ1) is 16.9. The molecular weight excluding hydrogens is 464 g/mol. The van der Waals surface area contributed by atoms with Gasteiger partial charge in [0.2, 0.25) is 0 Å². The van der Waals surface area contributed by atoms with Crippen LogP contribution < -0.4 is 20.1 Å². The smallest absolute Gasteiger partial charge is 0.273 e. The van der Waals surface area contributed by atoms with E-state index < -0.39 is 16.4 Å². The Morgan fingerprint density at radius 2 is 1.71 bits per heavy atom. The van der Waals surface area contributed by atoms with Crippen LogP contribution in [-0.4, -0.2) is 15.4 Å². The monoisotopic (exact) mass is 482 g/mol. The van der Waals surface area contributed by atoms with Gasteiger partial charge in [-0.1, -0.05) is 36.4 Å². The SMILES string of the molecule is Cc1ccccc1NC(=O)/C(C#N)=c1\s/c(=C\c2ccc([N+](=O)[O-])cc2)c(=O)n1-c1ccccc1. The van der Waals surface area contributed by atoms with Crippen molar-refractivity contribution in [1.82, 2.24) is 4.57 Å². The quantitative estimate of drug-likeness (QED) is 0.346. The molecule has 9 heteroatoms. The molecular formula is C26H18N4O4S. The van der Waals surface area contributed by atoms with Crippen LogP contribution in [0.5, 0.6) is 0 Å². The number of hydrogen-bond donors (Lipinski definition) is 1. The standard InChI is InChI=1S/C26H18N4O4S/c1-17-7-5-6-10-22(17)28-24(31)21(16-27)26-29(19-8-3-2-4-9-19)25(32)23(35-26)15-18-11-13-20(14-12-18)30(33)34/h2-15H,1H3,(H,28,31)/b23-15-,26-21-. The number of benzene rings is 3. The number of aromatic nitrogens is 1. The van der Waals surface area contributed by atoms with E-state index in [-0.39, 0.29) is 20.5 Å². The summed E-state index contributed by atoms with van der Waals surface area (Å²) < 4.78 is 1.79.